The summed E-state index contributed by atoms with van der Waals surface area (Å²) in [5.74, 6) is -0.168. The van der Waals surface area contributed by atoms with Crippen LogP contribution in [-0.2, 0) is 6.54 Å². The highest BCUT2D eigenvalue weighted by Gasteiger charge is 2.14. The van der Waals surface area contributed by atoms with Crippen molar-refractivity contribution in [1.29, 1.82) is 0 Å². The van der Waals surface area contributed by atoms with Gasteiger partial charge in [-0.2, -0.15) is 0 Å². The molecule has 84 valence electrons. The van der Waals surface area contributed by atoms with Crippen LogP contribution in [0.3, 0.4) is 0 Å². The Morgan fingerprint density at radius 1 is 1.33 bits per heavy atom. The van der Waals surface area contributed by atoms with Crippen molar-refractivity contribution >= 4 is 11.8 Å². The minimum atomic E-state index is -0.168. The van der Waals surface area contributed by atoms with Gasteiger partial charge in [0.05, 0.1) is 0 Å². The Morgan fingerprint density at radius 2 is 2.00 bits per heavy atom. The molecule has 0 aliphatic heterocycles. The third-order valence-corrected chi connectivity index (χ3v) is 3.04. The van der Waals surface area contributed by atoms with Crippen LogP contribution in [0.2, 0.25) is 0 Å². The van der Waals surface area contributed by atoms with Crippen molar-refractivity contribution in [2.45, 2.75) is 37.0 Å². The molecule has 0 aromatic heterocycles. The molecule has 0 saturated carbocycles. The van der Waals surface area contributed by atoms with Crippen LogP contribution in [0.1, 0.15) is 26.3 Å². The first-order valence-corrected chi connectivity index (χ1v) is 5.86. The van der Waals surface area contributed by atoms with Crippen LogP contribution in [-0.4, -0.2) is 11.8 Å². The average Bonchev–Trinajstić information content (AvgIpc) is 2.08. The molecule has 0 saturated heterocycles. The molecule has 0 aliphatic carbocycles. The van der Waals surface area contributed by atoms with E-state index in [0.29, 0.717) is 6.54 Å². The van der Waals surface area contributed by atoms with E-state index in [-0.39, 0.29) is 10.6 Å². The average molecular weight is 227 g/mol. The lowest BCUT2D eigenvalue weighted by Gasteiger charge is -2.19. The van der Waals surface area contributed by atoms with Gasteiger partial charge in [-0.1, -0.05) is 20.8 Å². The summed E-state index contributed by atoms with van der Waals surface area (Å²) in [6.45, 7) is 7.18. The van der Waals surface area contributed by atoms with Gasteiger partial charge >= 0.3 is 0 Å². The molecule has 0 bridgehead atoms. The molecule has 0 amide bonds. The SMILES string of the molecule is CNCc1cc(F)ccc1SC(C)(C)C. The largest absolute Gasteiger partial charge is 0.316 e. The lowest BCUT2D eigenvalue weighted by Crippen LogP contribution is -2.11. The molecular weight excluding hydrogens is 209 g/mol. The Kier molecular flexibility index (Phi) is 4.17. The highest BCUT2D eigenvalue weighted by molar-refractivity contribution is 8.00. The van der Waals surface area contributed by atoms with Crippen LogP contribution >= 0.6 is 11.8 Å². The van der Waals surface area contributed by atoms with Gasteiger partial charge in [-0.25, -0.2) is 4.39 Å². The maximum Gasteiger partial charge on any atom is 0.123 e. The molecule has 1 rings (SSSR count). The van der Waals surface area contributed by atoms with Crippen LogP contribution < -0.4 is 5.32 Å². The minimum Gasteiger partial charge on any atom is -0.316 e. The van der Waals surface area contributed by atoms with Crippen molar-refractivity contribution in [2.24, 2.45) is 0 Å². The molecule has 0 heterocycles. The maximum absolute atomic E-state index is 13.1. The molecule has 0 radical (unpaired) electrons. The first kappa shape index (κ1) is 12.5. The number of hydrogen-bond donors (Lipinski definition) is 1. The minimum absolute atomic E-state index is 0.153. The zero-order valence-corrected chi connectivity index (χ0v) is 10.5. The van der Waals surface area contributed by atoms with Crippen LogP contribution in [0, 0.1) is 5.82 Å². The summed E-state index contributed by atoms with van der Waals surface area (Å²) in [5, 5.41) is 3.06. The normalized spacial score (nSPS) is 11.8. The second-order valence-corrected chi connectivity index (χ2v) is 6.37. The topological polar surface area (TPSA) is 12.0 Å². The number of thioether (sulfide) groups is 1. The van der Waals surface area contributed by atoms with Crippen LogP contribution in [0.25, 0.3) is 0 Å². The Morgan fingerprint density at radius 3 is 2.53 bits per heavy atom. The standard InChI is InChI=1S/C12H18FNS/c1-12(2,3)15-11-6-5-10(13)7-9(11)8-14-4/h5-7,14H,8H2,1-4H3. The molecule has 1 aromatic rings. The lowest BCUT2D eigenvalue weighted by atomic mass is 10.2. The van der Waals surface area contributed by atoms with Crippen molar-refractivity contribution in [3.05, 3.63) is 29.6 Å². The van der Waals surface area contributed by atoms with Crippen LogP contribution in [0.4, 0.5) is 4.39 Å². The first-order chi connectivity index (χ1) is 6.92. The third kappa shape index (κ3) is 4.22. The Labute approximate surface area is 95.5 Å². The van der Waals surface area contributed by atoms with Gasteiger partial charge < -0.3 is 5.32 Å². The van der Waals surface area contributed by atoms with Gasteiger partial charge in [-0.15, -0.1) is 11.8 Å². The van der Waals surface area contributed by atoms with Gasteiger partial charge in [0.25, 0.3) is 0 Å². The maximum atomic E-state index is 13.1. The van der Waals surface area contributed by atoms with E-state index in [9.17, 15) is 4.39 Å². The third-order valence-electron chi connectivity index (χ3n) is 1.81. The summed E-state index contributed by atoms with van der Waals surface area (Å²) in [7, 11) is 1.87. The number of hydrogen-bond acceptors (Lipinski definition) is 2. The highest BCUT2D eigenvalue weighted by atomic mass is 32.2. The van der Waals surface area contributed by atoms with Crippen molar-refractivity contribution in [3.63, 3.8) is 0 Å². The van der Waals surface area contributed by atoms with E-state index in [1.807, 2.05) is 13.1 Å². The van der Waals surface area contributed by atoms with Crippen LogP contribution in [0.5, 0.6) is 0 Å². The van der Waals surface area contributed by atoms with E-state index in [4.69, 9.17) is 0 Å². The summed E-state index contributed by atoms with van der Waals surface area (Å²) in [6, 6.07) is 4.98. The highest BCUT2D eigenvalue weighted by Crippen LogP contribution is 2.34. The molecule has 15 heavy (non-hydrogen) atoms. The Bertz CT molecular complexity index is 331. The zero-order valence-electron chi connectivity index (χ0n) is 9.73. The van der Waals surface area contributed by atoms with Gasteiger partial charge in [0, 0.05) is 16.2 Å². The van der Waals surface area contributed by atoms with E-state index in [1.54, 1.807) is 17.8 Å². The molecular formula is C12H18FNS. The van der Waals surface area contributed by atoms with Crippen molar-refractivity contribution in [2.75, 3.05) is 7.05 Å². The van der Waals surface area contributed by atoms with E-state index in [2.05, 4.69) is 26.1 Å². The zero-order chi connectivity index (χ0) is 11.5. The van der Waals surface area contributed by atoms with E-state index < -0.39 is 0 Å². The van der Waals surface area contributed by atoms with Crippen molar-refractivity contribution in [3.8, 4) is 0 Å². The molecule has 0 atom stereocenters. The molecule has 0 spiro atoms. The fourth-order valence-electron chi connectivity index (χ4n) is 1.31. The Hall–Kier alpha value is -0.540. The second kappa shape index (κ2) is 4.99. The van der Waals surface area contributed by atoms with Gasteiger partial charge in [0.15, 0.2) is 0 Å². The monoisotopic (exact) mass is 227 g/mol. The number of rotatable bonds is 3. The predicted molar refractivity (Wildman–Crippen MR) is 64.8 cm³/mol. The quantitative estimate of drug-likeness (QED) is 0.794. The smallest absolute Gasteiger partial charge is 0.123 e. The molecule has 0 fully saturated rings. The molecule has 3 heteroatoms. The fourth-order valence-corrected chi connectivity index (χ4v) is 2.36. The molecule has 1 N–H and O–H groups in total. The van der Waals surface area contributed by atoms with Gasteiger partial charge in [0.1, 0.15) is 5.82 Å². The van der Waals surface area contributed by atoms with E-state index >= 15 is 0 Å². The van der Waals surface area contributed by atoms with Crippen molar-refractivity contribution < 1.29 is 4.39 Å². The summed E-state index contributed by atoms with van der Waals surface area (Å²) >= 11 is 1.77. The van der Waals surface area contributed by atoms with Gasteiger partial charge in [-0.05, 0) is 30.8 Å². The second-order valence-electron chi connectivity index (χ2n) is 4.50. The lowest BCUT2D eigenvalue weighted by molar-refractivity contribution is 0.621. The van der Waals surface area contributed by atoms with Crippen molar-refractivity contribution in [1.82, 2.24) is 5.32 Å². The molecule has 0 unspecified atom stereocenters. The molecule has 1 nitrogen and oxygen atoms in total. The Balaban J connectivity index is 2.95. The summed E-state index contributed by atoms with van der Waals surface area (Å²) in [6.07, 6.45) is 0. The van der Waals surface area contributed by atoms with Gasteiger partial charge in [-0.3, -0.25) is 0 Å². The summed E-state index contributed by atoms with van der Waals surface area (Å²) in [4.78, 5) is 1.15. The van der Waals surface area contributed by atoms with E-state index in [0.717, 1.165) is 10.5 Å². The summed E-state index contributed by atoms with van der Waals surface area (Å²) < 4.78 is 13.2. The van der Waals surface area contributed by atoms with E-state index in [1.165, 1.54) is 6.07 Å². The number of benzene rings is 1. The number of nitrogens with one attached hydrogen (secondary N) is 1. The molecule has 0 aliphatic rings. The first-order valence-electron chi connectivity index (χ1n) is 5.04. The van der Waals surface area contributed by atoms with Crippen LogP contribution in [0.15, 0.2) is 23.1 Å². The summed E-state index contributed by atoms with van der Waals surface area (Å²) in [5.41, 5.74) is 1.03. The van der Waals surface area contributed by atoms with Gasteiger partial charge in [0.2, 0.25) is 0 Å². The predicted octanol–water partition coefficient (Wildman–Crippen LogP) is 3.44. The fraction of sp³-hybridized carbons (Fsp3) is 0.500. The molecule has 1 aromatic carbocycles. The number of halogens is 1.